The standard InChI is InChI=1S/C23H30N2O3/c1-18-10-3-6-15-21(18)28-17-9-14-20-12-5-4-11-19(20)13-7-8-16-25-23(27)22(26)24-2/h3-6,10-12,15H,7-9,13-14,16-17H2,1-2H3,(H,24,26)(H,25,27). The maximum Gasteiger partial charge on any atom is 0.309 e. The van der Waals surface area contributed by atoms with E-state index in [1.165, 1.54) is 18.2 Å². The molecule has 0 saturated carbocycles. The molecule has 2 N–H and O–H groups in total. The van der Waals surface area contributed by atoms with Crippen LogP contribution in [0, 0.1) is 6.92 Å². The Kier molecular flexibility index (Phi) is 9.05. The highest BCUT2D eigenvalue weighted by molar-refractivity contribution is 6.34. The summed E-state index contributed by atoms with van der Waals surface area (Å²) in [6.07, 6.45) is 4.71. The molecule has 0 aromatic heterocycles. The average Bonchev–Trinajstić information content (AvgIpc) is 2.72. The molecular formula is C23H30N2O3. The Balaban J connectivity index is 1.71. The third-order valence-electron chi connectivity index (χ3n) is 4.65. The van der Waals surface area contributed by atoms with Gasteiger partial charge in [-0.05, 0) is 61.8 Å². The van der Waals surface area contributed by atoms with Gasteiger partial charge >= 0.3 is 11.8 Å². The molecule has 0 spiro atoms. The number of unbranched alkanes of at least 4 members (excludes halogenated alkanes) is 1. The van der Waals surface area contributed by atoms with Gasteiger partial charge in [0.1, 0.15) is 5.75 Å². The van der Waals surface area contributed by atoms with Crippen molar-refractivity contribution in [1.82, 2.24) is 10.6 Å². The smallest absolute Gasteiger partial charge is 0.309 e. The van der Waals surface area contributed by atoms with Crippen molar-refractivity contribution in [2.24, 2.45) is 0 Å². The molecule has 0 radical (unpaired) electrons. The molecule has 28 heavy (non-hydrogen) atoms. The SMILES string of the molecule is CNC(=O)C(=O)NCCCCc1ccccc1CCCOc1ccccc1C. The number of ether oxygens (including phenoxy) is 1. The summed E-state index contributed by atoms with van der Waals surface area (Å²) in [5.74, 6) is -0.218. The highest BCUT2D eigenvalue weighted by atomic mass is 16.5. The molecule has 0 unspecified atom stereocenters. The number of rotatable bonds is 10. The molecule has 2 aromatic rings. The van der Waals surface area contributed by atoms with Crippen molar-refractivity contribution < 1.29 is 14.3 Å². The zero-order valence-corrected chi connectivity index (χ0v) is 16.8. The number of benzene rings is 2. The van der Waals surface area contributed by atoms with Gasteiger partial charge in [0.2, 0.25) is 0 Å². The van der Waals surface area contributed by atoms with Crippen LogP contribution in [0.1, 0.15) is 36.0 Å². The molecule has 0 aliphatic carbocycles. The molecule has 0 bridgehead atoms. The van der Waals surface area contributed by atoms with E-state index in [4.69, 9.17) is 4.74 Å². The molecule has 5 nitrogen and oxygen atoms in total. The predicted molar refractivity (Wildman–Crippen MR) is 111 cm³/mol. The van der Waals surface area contributed by atoms with Gasteiger partial charge in [0.25, 0.3) is 0 Å². The molecular weight excluding hydrogens is 352 g/mol. The summed E-state index contributed by atoms with van der Waals surface area (Å²) in [7, 11) is 1.45. The van der Waals surface area contributed by atoms with E-state index < -0.39 is 11.8 Å². The molecule has 0 aliphatic rings. The second kappa shape index (κ2) is 11.8. The van der Waals surface area contributed by atoms with E-state index in [-0.39, 0.29) is 0 Å². The first kappa shape index (κ1) is 21.5. The summed E-state index contributed by atoms with van der Waals surface area (Å²) in [5, 5.41) is 4.94. The van der Waals surface area contributed by atoms with Crippen LogP contribution < -0.4 is 15.4 Å². The number of amides is 2. The van der Waals surface area contributed by atoms with Crippen LogP contribution in [0.25, 0.3) is 0 Å². The molecule has 0 saturated heterocycles. The number of likely N-dealkylation sites (N-methyl/N-ethyl adjacent to an activating group) is 1. The van der Waals surface area contributed by atoms with Crippen molar-refractivity contribution in [1.29, 1.82) is 0 Å². The molecule has 150 valence electrons. The molecule has 5 heteroatoms. The first-order valence-corrected chi connectivity index (χ1v) is 9.87. The number of para-hydroxylation sites is 1. The predicted octanol–water partition coefficient (Wildman–Crippen LogP) is 3.19. The third kappa shape index (κ3) is 7.06. The van der Waals surface area contributed by atoms with E-state index in [2.05, 4.69) is 47.9 Å². The van der Waals surface area contributed by atoms with Crippen molar-refractivity contribution in [3.05, 3.63) is 65.2 Å². The monoisotopic (exact) mass is 382 g/mol. The van der Waals surface area contributed by atoms with E-state index in [1.807, 2.05) is 18.2 Å². The largest absolute Gasteiger partial charge is 0.493 e. The molecule has 2 rings (SSSR count). The highest BCUT2D eigenvalue weighted by Gasteiger charge is 2.09. The summed E-state index contributed by atoms with van der Waals surface area (Å²) in [4.78, 5) is 22.5. The van der Waals surface area contributed by atoms with Gasteiger partial charge in [-0.1, -0.05) is 42.5 Å². The van der Waals surface area contributed by atoms with E-state index in [0.717, 1.165) is 43.4 Å². The summed E-state index contributed by atoms with van der Waals surface area (Å²) in [6.45, 7) is 3.27. The summed E-state index contributed by atoms with van der Waals surface area (Å²) in [6, 6.07) is 16.6. The van der Waals surface area contributed by atoms with Gasteiger partial charge in [-0.3, -0.25) is 9.59 Å². The number of carbonyl (C=O) groups excluding carboxylic acids is 2. The Bertz CT molecular complexity index is 774. The summed E-state index contributed by atoms with van der Waals surface area (Å²) in [5.41, 5.74) is 3.85. The maximum absolute atomic E-state index is 11.4. The van der Waals surface area contributed by atoms with Crippen molar-refractivity contribution in [2.45, 2.75) is 39.0 Å². The molecule has 0 heterocycles. The van der Waals surface area contributed by atoms with Crippen LogP contribution in [0.4, 0.5) is 0 Å². The van der Waals surface area contributed by atoms with Gasteiger partial charge in [-0.15, -0.1) is 0 Å². The molecule has 0 aliphatic heterocycles. The van der Waals surface area contributed by atoms with Gasteiger partial charge < -0.3 is 15.4 Å². The molecule has 0 atom stereocenters. The Labute approximate surface area is 167 Å². The van der Waals surface area contributed by atoms with Crippen molar-refractivity contribution in [2.75, 3.05) is 20.2 Å². The van der Waals surface area contributed by atoms with Gasteiger partial charge in [0.15, 0.2) is 0 Å². The van der Waals surface area contributed by atoms with Crippen LogP contribution in [-0.4, -0.2) is 32.0 Å². The fourth-order valence-electron chi connectivity index (χ4n) is 3.04. The summed E-state index contributed by atoms with van der Waals surface area (Å²) < 4.78 is 5.89. The number of carbonyl (C=O) groups is 2. The van der Waals surface area contributed by atoms with E-state index in [9.17, 15) is 9.59 Å². The number of aryl methyl sites for hydroxylation is 3. The lowest BCUT2D eigenvalue weighted by Crippen LogP contribution is -2.38. The Hall–Kier alpha value is -2.82. The highest BCUT2D eigenvalue weighted by Crippen LogP contribution is 2.18. The van der Waals surface area contributed by atoms with Crippen LogP contribution in [-0.2, 0) is 22.4 Å². The lowest BCUT2D eigenvalue weighted by molar-refractivity contribution is -0.138. The Morgan fingerprint density at radius 3 is 2.18 bits per heavy atom. The van der Waals surface area contributed by atoms with Crippen molar-refractivity contribution >= 4 is 11.8 Å². The molecule has 0 fully saturated rings. The number of hydrogen-bond acceptors (Lipinski definition) is 3. The number of hydrogen-bond donors (Lipinski definition) is 2. The second-order valence-electron chi connectivity index (χ2n) is 6.78. The quantitative estimate of drug-likeness (QED) is 0.490. The molecule has 2 aromatic carbocycles. The first-order chi connectivity index (χ1) is 13.6. The summed E-state index contributed by atoms with van der Waals surface area (Å²) >= 11 is 0. The van der Waals surface area contributed by atoms with E-state index in [0.29, 0.717) is 13.2 Å². The minimum Gasteiger partial charge on any atom is -0.493 e. The Morgan fingerprint density at radius 2 is 1.50 bits per heavy atom. The zero-order valence-electron chi connectivity index (χ0n) is 16.8. The van der Waals surface area contributed by atoms with E-state index in [1.54, 1.807) is 0 Å². The average molecular weight is 383 g/mol. The van der Waals surface area contributed by atoms with Crippen LogP contribution >= 0.6 is 0 Å². The fraction of sp³-hybridized carbons (Fsp3) is 0.391. The van der Waals surface area contributed by atoms with Gasteiger partial charge in [-0.25, -0.2) is 0 Å². The van der Waals surface area contributed by atoms with Gasteiger partial charge in [-0.2, -0.15) is 0 Å². The number of nitrogens with one attached hydrogen (secondary N) is 2. The van der Waals surface area contributed by atoms with Crippen LogP contribution in [0.2, 0.25) is 0 Å². The zero-order chi connectivity index (χ0) is 20.2. The fourth-order valence-corrected chi connectivity index (χ4v) is 3.04. The minimum atomic E-state index is -0.599. The topological polar surface area (TPSA) is 67.4 Å². The Morgan fingerprint density at radius 1 is 0.857 bits per heavy atom. The lowest BCUT2D eigenvalue weighted by atomic mass is 9.98. The van der Waals surface area contributed by atoms with Crippen LogP contribution in [0.15, 0.2) is 48.5 Å². The minimum absolute atomic E-state index is 0.513. The molecule has 2 amide bonds. The van der Waals surface area contributed by atoms with Crippen LogP contribution in [0.5, 0.6) is 5.75 Å². The normalized spacial score (nSPS) is 10.4. The lowest BCUT2D eigenvalue weighted by Gasteiger charge is -2.11. The van der Waals surface area contributed by atoms with E-state index >= 15 is 0 Å². The van der Waals surface area contributed by atoms with Crippen molar-refractivity contribution in [3.8, 4) is 5.75 Å². The maximum atomic E-state index is 11.4. The van der Waals surface area contributed by atoms with Crippen LogP contribution in [0.3, 0.4) is 0 Å². The van der Waals surface area contributed by atoms with Gasteiger partial charge in [0.05, 0.1) is 6.61 Å². The second-order valence-corrected chi connectivity index (χ2v) is 6.78. The third-order valence-corrected chi connectivity index (χ3v) is 4.65. The van der Waals surface area contributed by atoms with Crippen molar-refractivity contribution in [3.63, 3.8) is 0 Å². The first-order valence-electron chi connectivity index (χ1n) is 9.87. The van der Waals surface area contributed by atoms with Gasteiger partial charge in [0, 0.05) is 13.6 Å².